The molecule has 27 heavy (non-hydrogen) atoms. The second kappa shape index (κ2) is 8.28. The Kier molecular flexibility index (Phi) is 5.83. The van der Waals surface area contributed by atoms with Gasteiger partial charge in [0.25, 0.3) is 0 Å². The predicted octanol–water partition coefficient (Wildman–Crippen LogP) is 0.196. The van der Waals surface area contributed by atoms with E-state index in [1.807, 2.05) is 18.2 Å². The molecule has 2 aliphatic heterocycles. The summed E-state index contributed by atoms with van der Waals surface area (Å²) in [5.74, 6) is 0.833. The van der Waals surface area contributed by atoms with Crippen LogP contribution in [0, 0.1) is 0 Å². The summed E-state index contributed by atoms with van der Waals surface area (Å²) in [4.78, 5) is 39.7. The zero-order valence-corrected chi connectivity index (χ0v) is 15.7. The van der Waals surface area contributed by atoms with Crippen LogP contribution in [0.4, 0.5) is 0 Å². The lowest BCUT2D eigenvalue weighted by Crippen LogP contribution is -2.59. The van der Waals surface area contributed by atoms with E-state index >= 15 is 0 Å². The number of fused-ring (bicyclic) bond motifs is 1. The maximum absolute atomic E-state index is 12.4. The number of hydrogen-bond donors (Lipinski definition) is 1. The van der Waals surface area contributed by atoms with Gasteiger partial charge in [0.1, 0.15) is 19.1 Å². The number of carbonyl (C=O) groups excluding carboxylic acids is 3. The SMILES string of the molecule is COc1ccc(CCNC(=O)CN2CC(=O)N3CCCC3C2=O)cc1OC. The molecule has 2 aliphatic rings. The first kappa shape index (κ1) is 19.0. The number of ether oxygens (including phenoxy) is 2. The minimum atomic E-state index is -0.384. The van der Waals surface area contributed by atoms with Gasteiger partial charge in [-0.2, -0.15) is 0 Å². The Morgan fingerprint density at radius 3 is 2.74 bits per heavy atom. The number of benzene rings is 1. The molecule has 0 saturated carbocycles. The van der Waals surface area contributed by atoms with Gasteiger partial charge in [0.05, 0.1) is 14.2 Å². The molecule has 8 heteroatoms. The fraction of sp³-hybridized carbons (Fsp3) is 0.526. The van der Waals surface area contributed by atoms with Gasteiger partial charge in [0, 0.05) is 13.1 Å². The Hall–Kier alpha value is -2.77. The summed E-state index contributed by atoms with van der Waals surface area (Å²) in [6, 6.07) is 5.22. The number of methoxy groups -OCH3 is 2. The van der Waals surface area contributed by atoms with Gasteiger partial charge < -0.3 is 24.6 Å². The molecule has 0 bridgehead atoms. The first-order valence-electron chi connectivity index (χ1n) is 9.09. The fourth-order valence-electron chi connectivity index (χ4n) is 3.61. The minimum Gasteiger partial charge on any atom is -0.493 e. The highest BCUT2D eigenvalue weighted by atomic mass is 16.5. The molecule has 0 spiro atoms. The third kappa shape index (κ3) is 4.15. The quantitative estimate of drug-likeness (QED) is 0.735. The van der Waals surface area contributed by atoms with Crippen LogP contribution in [-0.4, -0.2) is 74.0 Å². The molecule has 8 nitrogen and oxygen atoms in total. The number of piperazine rings is 1. The van der Waals surface area contributed by atoms with Crippen LogP contribution < -0.4 is 14.8 Å². The summed E-state index contributed by atoms with van der Waals surface area (Å²) < 4.78 is 10.5. The first-order chi connectivity index (χ1) is 13.0. The van der Waals surface area contributed by atoms with Crippen molar-refractivity contribution >= 4 is 17.7 Å². The normalized spacial score (nSPS) is 19.1. The Morgan fingerprint density at radius 2 is 2.00 bits per heavy atom. The fourth-order valence-corrected chi connectivity index (χ4v) is 3.61. The topological polar surface area (TPSA) is 88.2 Å². The van der Waals surface area contributed by atoms with Crippen molar-refractivity contribution in [3.8, 4) is 11.5 Å². The van der Waals surface area contributed by atoms with Gasteiger partial charge in [-0.1, -0.05) is 6.07 Å². The van der Waals surface area contributed by atoms with Crippen molar-refractivity contribution in [1.29, 1.82) is 0 Å². The average molecular weight is 375 g/mol. The van der Waals surface area contributed by atoms with Crippen LogP contribution in [0.5, 0.6) is 11.5 Å². The number of rotatable bonds is 7. The molecule has 1 atom stereocenters. The van der Waals surface area contributed by atoms with E-state index in [0.29, 0.717) is 37.4 Å². The number of hydrogen-bond acceptors (Lipinski definition) is 5. The van der Waals surface area contributed by atoms with Crippen LogP contribution in [0.25, 0.3) is 0 Å². The molecule has 2 heterocycles. The van der Waals surface area contributed by atoms with Crippen molar-refractivity contribution in [2.75, 3.05) is 40.4 Å². The van der Waals surface area contributed by atoms with Crippen molar-refractivity contribution in [3.63, 3.8) is 0 Å². The lowest BCUT2D eigenvalue weighted by molar-refractivity contribution is -0.154. The monoisotopic (exact) mass is 375 g/mol. The molecule has 2 fully saturated rings. The first-order valence-corrected chi connectivity index (χ1v) is 9.09. The molecule has 1 unspecified atom stereocenters. The van der Waals surface area contributed by atoms with Gasteiger partial charge in [-0.05, 0) is 37.0 Å². The maximum atomic E-state index is 12.4. The summed E-state index contributed by atoms with van der Waals surface area (Å²) >= 11 is 0. The molecule has 146 valence electrons. The summed E-state index contributed by atoms with van der Waals surface area (Å²) in [5, 5.41) is 2.81. The summed E-state index contributed by atoms with van der Waals surface area (Å²) in [7, 11) is 3.15. The van der Waals surface area contributed by atoms with Crippen molar-refractivity contribution in [2.45, 2.75) is 25.3 Å². The predicted molar refractivity (Wildman–Crippen MR) is 97.6 cm³/mol. The van der Waals surface area contributed by atoms with Crippen LogP contribution >= 0.6 is 0 Å². The zero-order chi connectivity index (χ0) is 19.4. The molecule has 3 amide bonds. The molecule has 1 aromatic carbocycles. The molecule has 3 rings (SSSR count). The third-order valence-electron chi connectivity index (χ3n) is 5.01. The maximum Gasteiger partial charge on any atom is 0.246 e. The summed E-state index contributed by atoms with van der Waals surface area (Å²) in [5.41, 5.74) is 0.999. The van der Waals surface area contributed by atoms with Crippen molar-refractivity contribution in [1.82, 2.24) is 15.1 Å². The Balaban J connectivity index is 1.48. The van der Waals surface area contributed by atoms with E-state index in [-0.39, 0.29) is 36.9 Å². The summed E-state index contributed by atoms with van der Waals surface area (Å²) in [6.45, 7) is 0.972. The van der Waals surface area contributed by atoms with Crippen LogP contribution in [0.1, 0.15) is 18.4 Å². The molecule has 1 N–H and O–H groups in total. The second-order valence-electron chi connectivity index (χ2n) is 6.73. The van der Waals surface area contributed by atoms with Gasteiger partial charge in [-0.15, -0.1) is 0 Å². The van der Waals surface area contributed by atoms with Gasteiger partial charge in [0.15, 0.2) is 11.5 Å². The van der Waals surface area contributed by atoms with E-state index in [4.69, 9.17) is 9.47 Å². The highest BCUT2D eigenvalue weighted by molar-refractivity contribution is 5.97. The molecular weight excluding hydrogens is 350 g/mol. The van der Waals surface area contributed by atoms with Crippen molar-refractivity contribution < 1.29 is 23.9 Å². The molecule has 0 aliphatic carbocycles. The standard InChI is InChI=1S/C19H25N3O5/c1-26-15-6-5-13(10-16(15)27-2)7-8-20-17(23)11-21-12-18(24)22-9-3-4-14(22)19(21)25/h5-6,10,14H,3-4,7-9,11-12H2,1-2H3,(H,20,23). The van der Waals surface area contributed by atoms with Gasteiger partial charge in [-0.25, -0.2) is 0 Å². The zero-order valence-electron chi connectivity index (χ0n) is 15.7. The molecule has 1 aromatic rings. The smallest absolute Gasteiger partial charge is 0.246 e. The van der Waals surface area contributed by atoms with E-state index in [2.05, 4.69) is 5.32 Å². The van der Waals surface area contributed by atoms with E-state index < -0.39 is 0 Å². The number of nitrogens with one attached hydrogen (secondary N) is 1. The summed E-state index contributed by atoms with van der Waals surface area (Å²) in [6.07, 6.45) is 2.14. The van der Waals surface area contributed by atoms with E-state index in [1.54, 1.807) is 19.1 Å². The molecule has 0 aromatic heterocycles. The average Bonchev–Trinajstić information content (AvgIpc) is 3.16. The van der Waals surface area contributed by atoms with E-state index in [9.17, 15) is 14.4 Å². The van der Waals surface area contributed by atoms with Crippen LogP contribution in [0.15, 0.2) is 18.2 Å². The largest absolute Gasteiger partial charge is 0.493 e. The molecule has 0 radical (unpaired) electrons. The van der Waals surface area contributed by atoms with Gasteiger partial charge >= 0.3 is 0 Å². The van der Waals surface area contributed by atoms with Crippen LogP contribution in [0.2, 0.25) is 0 Å². The Morgan fingerprint density at radius 1 is 1.22 bits per heavy atom. The Labute approximate surface area is 158 Å². The minimum absolute atomic E-state index is 0.0154. The highest BCUT2D eigenvalue weighted by Gasteiger charge is 2.42. The van der Waals surface area contributed by atoms with Crippen molar-refractivity contribution in [3.05, 3.63) is 23.8 Å². The lowest BCUT2D eigenvalue weighted by atomic mass is 10.1. The van der Waals surface area contributed by atoms with Crippen LogP contribution in [-0.2, 0) is 20.8 Å². The van der Waals surface area contributed by atoms with Gasteiger partial charge in [-0.3, -0.25) is 14.4 Å². The van der Waals surface area contributed by atoms with Gasteiger partial charge in [0.2, 0.25) is 17.7 Å². The molecular formula is C19H25N3O5. The second-order valence-corrected chi connectivity index (χ2v) is 6.73. The lowest BCUT2D eigenvalue weighted by Gasteiger charge is -2.35. The third-order valence-corrected chi connectivity index (χ3v) is 5.01. The van der Waals surface area contributed by atoms with E-state index in [1.165, 1.54) is 4.90 Å². The molecule has 2 saturated heterocycles. The van der Waals surface area contributed by atoms with E-state index in [0.717, 1.165) is 12.0 Å². The van der Waals surface area contributed by atoms with Crippen LogP contribution in [0.3, 0.4) is 0 Å². The Bertz CT molecular complexity index is 736. The highest BCUT2D eigenvalue weighted by Crippen LogP contribution is 2.27. The van der Waals surface area contributed by atoms with Crippen molar-refractivity contribution in [2.24, 2.45) is 0 Å². The number of carbonyl (C=O) groups is 3. The number of nitrogens with zero attached hydrogens (tertiary/aromatic N) is 2. The number of amides is 3.